The Bertz CT molecular complexity index is 2780. The number of piperidine rings is 1. The second-order valence-electron chi connectivity index (χ2n) is 18.9. The zero-order valence-electron chi connectivity index (χ0n) is 37.0. The van der Waals surface area contributed by atoms with E-state index in [1.54, 1.807) is 24.5 Å². The molecule has 1 atom stereocenters. The van der Waals surface area contributed by atoms with Crippen LogP contribution in [0.15, 0.2) is 85.5 Å². The Labute approximate surface area is 386 Å². The molecule has 0 radical (unpaired) electrons. The lowest BCUT2D eigenvalue weighted by molar-refractivity contribution is -0.136. The number of nitrogens with one attached hydrogen (secondary N) is 4. The van der Waals surface area contributed by atoms with E-state index >= 15 is 0 Å². The highest BCUT2D eigenvalue weighted by Gasteiger charge is 2.51. The van der Waals surface area contributed by atoms with Gasteiger partial charge in [-0.05, 0) is 85.9 Å². The molecule has 3 aromatic carbocycles. The van der Waals surface area contributed by atoms with Crippen LogP contribution in [-0.4, -0.2) is 134 Å². The standard InChI is InChI=1S/C49H52N12O6/c62-39-14-13-38(46(65)56-39)61-47(66)36-7-4-8-37(42(36)48(61)67)50-26-41(64)59-16-15-49(27-59)24-35(25-49)58-19-17-57(18-20-58)33-11-9-31(10-12-33)55-44-43-45(52-28-51-44)60(29-53-43)34-22-32(23-34)54-40(63)21-30-5-2-1-3-6-30/h1-12,28-29,32,34-35,38,50H,13-27H2,(H,54,63)(H,51,52,55)(H,56,62,65)/t32?,34?,35?,38-,49?/m0/s1. The lowest BCUT2D eigenvalue weighted by Crippen LogP contribution is -2.57. The molecule has 2 saturated carbocycles. The molecule has 6 aliphatic rings. The number of carbonyl (C=O) groups excluding carboxylic acids is 6. The smallest absolute Gasteiger partial charge is 0.264 e. The number of benzene rings is 3. The molecule has 2 aliphatic carbocycles. The molecule has 18 heteroatoms. The number of anilines is 4. The second kappa shape index (κ2) is 17.2. The fourth-order valence-electron chi connectivity index (χ4n) is 11.1. The van der Waals surface area contributed by atoms with Gasteiger partial charge in [-0.15, -0.1) is 0 Å². The Morgan fingerprint density at radius 1 is 0.821 bits per heavy atom. The maximum atomic E-state index is 13.5. The Morgan fingerprint density at radius 2 is 1.61 bits per heavy atom. The van der Waals surface area contributed by atoms with Crippen LogP contribution < -0.4 is 26.2 Å². The first-order valence-electron chi connectivity index (χ1n) is 23.3. The number of rotatable bonds is 12. The van der Waals surface area contributed by atoms with Crippen molar-refractivity contribution in [2.45, 2.75) is 75.5 Å². The first-order chi connectivity index (χ1) is 32.6. The number of hydrogen-bond donors (Lipinski definition) is 4. The molecule has 4 aliphatic heterocycles. The van der Waals surface area contributed by atoms with Crippen LogP contribution in [0.25, 0.3) is 11.2 Å². The molecule has 2 aromatic heterocycles. The van der Waals surface area contributed by atoms with Crippen molar-refractivity contribution in [3.8, 4) is 0 Å². The van der Waals surface area contributed by atoms with Crippen molar-refractivity contribution in [3.05, 3.63) is 102 Å². The summed E-state index contributed by atoms with van der Waals surface area (Å²) in [7, 11) is 0. The zero-order valence-corrected chi connectivity index (χ0v) is 37.0. The Kier molecular flexibility index (Phi) is 10.9. The van der Waals surface area contributed by atoms with E-state index in [2.05, 4.69) is 74.9 Å². The number of fused-ring (bicyclic) bond motifs is 2. The highest BCUT2D eigenvalue weighted by molar-refractivity contribution is 6.25. The predicted octanol–water partition coefficient (Wildman–Crippen LogP) is 3.65. The summed E-state index contributed by atoms with van der Waals surface area (Å²) in [4.78, 5) is 98.7. The van der Waals surface area contributed by atoms with Crippen molar-refractivity contribution in [2.75, 3.05) is 61.3 Å². The van der Waals surface area contributed by atoms with Gasteiger partial charge in [-0.3, -0.25) is 43.9 Å². The van der Waals surface area contributed by atoms with Crippen LogP contribution in [0.2, 0.25) is 0 Å². The molecule has 0 bridgehead atoms. The Hall–Kier alpha value is -7.21. The largest absolute Gasteiger partial charge is 0.375 e. The first kappa shape index (κ1) is 42.4. The maximum absolute atomic E-state index is 13.5. The molecule has 6 heterocycles. The van der Waals surface area contributed by atoms with Gasteiger partial charge in [-0.1, -0.05) is 36.4 Å². The fourth-order valence-corrected chi connectivity index (χ4v) is 11.1. The Morgan fingerprint density at radius 3 is 2.39 bits per heavy atom. The average Bonchev–Trinajstić information content (AvgIpc) is 4.02. The van der Waals surface area contributed by atoms with Crippen molar-refractivity contribution in [1.29, 1.82) is 0 Å². The summed E-state index contributed by atoms with van der Waals surface area (Å²) < 4.78 is 2.09. The van der Waals surface area contributed by atoms with Crippen molar-refractivity contribution >= 4 is 69.5 Å². The van der Waals surface area contributed by atoms with Crippen molar-refractivity contribution < 1.29 is 28.8 Å². The minimum Gasteiger partial charge on any atom is -0.375 e. The van der Waals surface area contributed by atoms with Crippen LogP contribution in [0.3, 0.4) is 0 Å². The highest BCUT2D eigenvalue weighted by atomic mass is 16.2. The van der Waals surface area contributed by atoms with Gasteiger partial charge >= 0.3 is 0 Å². The summed E-state index contributed by atoms with van der Waals surface area (Å²) in [6.07, 6.45) is 8.62. The molecule has 5 aromatic rings. The van der Waals surface area contributed by atoms with Gasteiger partial charge in [-0.25, -0.2) is 15.0 Å². The zero-order chi connectivity index (χ0) is 45.8. The van der Waals surface area contributed by atoms with E-state index in [0.717, 1.165) is 80.1 Å². The lowest BCUT2D eigenvalue weighted by Gasteiger charge is -2.52. The summed E-state index contributed by atoms with van der Waals surface area (Å²) in [6.45, 7) is 5.17. The number of imidazole rings is 1. The number of carbonyl (C=O) groups is 6. The van der Waals surface area contributed by atoms with Crippen molar-refractivity contribution in [1.82, 2.24) is 44.9 Å². The molecular weight excluding hydrogens is 853 g/mol. The van der Waals surface area contributed by atoms with Crippen LogP contribution in [0.5, 0.6) is 0 Å². The Balaban J connectivity index is 0.625. The van der Waals surface area contributed by atoms with Crippen molar-refractivity contribution in [2.24, 2.45) is 5.41 Å². The predicted molar refractivity (Wildman–Crippen MR) is 247 cm³/mol. The second-order valence-corrected chi connectivity index (χ2v) is 18.9. The van der Waals surface area contributed by atoms with Gasteiger partial charge in [0.15, 0.2) is 17.0 Å². The molecule has 5 fully saturated rings. The van der Waals surface area contributed by atoms with E-state index in [9.17, 15) is 28.8 Å². The van der Waals surface area contributed by atoms with E-state index in [0.29, 0.717) is 42.6 Å². The molecule has 3 saturated heterocycles. The molecule has 0 unspecified atom stereocenters. The van der Waals surface area contributed by atoms with Gasteiger partial charge in [0.25, 0.3) is 11.8 Å². The normalized spacial score (nSPS) is 24.9. The number of aromatic nitrogens is 4. The third-order valence-electron chi connectivity index (χ3n) is 14.8. The first-order valence-corrected chi connectivity index (χ1v) is 23.3. The maximum Gasteiger partial charge on any atom is 0.264 e. The van der Waals surface area contributed by atoms with Gasteiger partial charge in [0, 0.05) is 80.9 Å². The van der Waals surface area contributed by atoms with Crippen LogP contribution in [0.1, 0.15) is 77.3 Å². The summed E-state index contributed by atoms with van der Waals surface area (Å²) in [5.74, 6) is -1.65. The van der Waals surface area contributed by atoms with Crippen LogP contribution in [0, 0.1) is 5.41 Å². The van der Waals surface area contributed by atoms with E-state index < -0.39 is 29.7 Å². The summed E-state index contributed by atoms with van der Waals surface area (Å²) in [5, 5.41) is 11.9. The molecule has 18 nitrogen and oxygen atoms in total. The minimum atomic E-state index is -1.05. The van der Waals surface area contributed by atoms with Gasteiger partial charge in [-0.2, -0.15) is 0 Å². The topological polar surface area (TPSA) is 207 Å². The van der Waals surface area contributed by atoms with E-state index in [-0.39, 0.29) is 59.8 Å². The highest BCUT2D eigenvalue weighted by Crippen LogP contribution is 2.50. The third kappa shape index (κ3) is 8.12. The van der Waals surface area contributed by atoms with Crippen LogP contribution >= 0.6 is 0 Å². The van der Waals surface area contributed by atoms with E-state index in [4.69, 9.17) is 0 Å². The fraction of sp³-hybridized carbons (Fsp3) is 0.408. The van der Waals surface area contributed by atoms with Gasteiger partial charge < -0.3 is 30.3 Å². The minimum absolute atomic E-state index is 0.0219. The van der Waals surface area contributed by atoms with E-state index in [1.807, 2.05) is 41.6 Å². The number of amides is 6. The average molecular weight is 905 g/mol. The number of piperazine rings is 1. The summed E-state index contributed by atoms with van der Waals surface area (Å²) in [6, 6.07) is 22.9. The number of imide groups is 2. The molecular formula is C49H52N12O6. The van der Waals surface area contributed by atoms with Gasteiger partial charge in [0.1, 0.15) is 12.4 Å². The molecule has 67 heavy (non-hydrogen) atoms. The number of nitrogens with zero attached hydrogens (tertiary/aromatic N) is 8. The quantitative estimate of drug-likeness (QED) is 0.132. The summed E-state index contributed by atoms with van der Waals surface area (Å²) in [5.41, 5.74) is 5.38. The lowest BCUT2D eigenvalue weighted by atomic mass is 9.64. The molecule has 4 N–H and O–H groups in total. The number of likely N-dealkylation sites (tertiary alicyclic amines) is 1. The SMILES string of the molecule is O=C1CC[C@H](N2C(=O)c3cccc(NCC(=O)N4CCC5(CC(N6CCN(c7ccc(Nc8ncnc9c8ncn9C8CC(NC(=O)Cc9ccccc9)C8)cc7)CC6)C5)C4)c3C2=O)C(=O)N1. The van der Waals surface area contributed by atoms with Gasteiger partial charge in [0.2, 0.25) is 23.6 Å². The van der Waals surface area contributed by atoms with Crippen molar-refractivity contribution in [3.63, 3.8) is 0 Å². The monoisotopic (exact) mass is 904 g/mol. The molecule has 344 valence electrons. The van der Waals surface area contributed by atoms with Crippen LogP contribution in [0.4, 0.5) is 22.9 Å². The van der Waals surface area contributed by atoms with Gasteiger partial charge in [0.05, 0.1) is 30.4 Å². The third-order valence-corrected chi connectivity index (χ3v) is 14.8. The van der Waals surface area contributed by atoms with E-state index in [1.165, 1.54) is 5.69 Å². The molecule has 1 spiro atoms. The summed E-state index contributed by atoms with van der Waals surface area (Å²) >= 11 is 0. The van der Waals surface area contributed by atoms with Crippen LogP contribution in [-0.2, 0) is 25.6 Å². The molecule has 6 amide bonds. The molecule has 11 rings (SSSR count). The number of hydrogen-bond acceptors (Lipinski definition) is 13.